The van der Waals surface area contributed by atoms with Crippen LogP contribution in [0.25, 0.3) is 0 Å². The Labute approximate surface area is 121 Å². The molecule has 0 spiro atoms. The molecule has 0 saturated heterocycles. The van der Waals surface area contributed by atoms with E-state index < -0.39 is 0 Å². The predicted octanol–water partition coefficient (Wildman–Crippen LogP) is 3.61. The van der Waals surface area contributed by atoms with Gasteiger partial charge in [0.15, 0.2) is 5.13 Å². The summed E-state index contributed by atoms with van der Waals surface area (Å²) in [5.41, 5.74) is 1.68. The second-order valence-electron chi connectivity index (χ2n) is 6.38. The average molecular weight is 281 g/mol. The Balaban J connectivity index is 2.28. The third-order valence-corrected chi connectivity index (χ3v) is 5.10. The van der Waals surface area contributed by atoms with Crippen molar-refractivity contribution >= 4 is 16.5 Å². The van der Waals surface area contributed by atoms with Crippen LogP contribution >= 0.6 is 11.3 Å². The Morgan fingerprint density at radius 3 is 2.79 bits per heavy atom. The molecule has 3 nitrogen and oxygen atoms in total. The number of nitrogens with zero attached hydrogens (tertiary/aromatic N) is 2. The second-order valence-corrected chi connectivity index (χ2v) is 7.39. The van der Waals surface area contributed by atoms with E-state index in [9.17, 15) is 0 Å². The van der Waals surface area contributed by atoms with Gasteiger partial charge in [0.1, 0.15) is 0 Å². The molecule has 0 bridgehead atoms. The summed E-state index contributed by atoms with van der Waals surface area (Å²) in [5, 5.41) is 4.82. The highest BCUT2D eigenvalue weighted by Crippen LogP contribution is 2.44. The highest BCUT2D eigenvalue weighted by atomic mass is 32.1. The van der Waals surface area contributed by atoms with Crippen LogP contribution in [0.1, 0.15) is 57.1 Å². The van der Waals surface area contributed by atoms with Crippen molar-refractivity contribution in [2.24, 2.45) is 5.41 Å². The fraction of sp³-hybridized carbons (Fsp3) is 0.800. The largest absolute Gasteiger partial charge is 0.351 e. The zero-order valence-electron chi connectivity index (χ0n) is 12.9. The molecule has 108 valence electrons. The topological polar surface area (TPSA) is 28.2 Å². The number of fused-ring (bicyclic) bond motifs is 1. The van der Waals surface area contributed by atoms with Gasteiger partial charge in [-0.25, -0.2) is 4.98 Å². The molecular weight excluding hydrogens is 254 g/mol. The van der Waals surface area contributed by atoms with Crippen molar-refractivity contribution in [3.63, 3.8) is 0 Å². The van der Waals surface area contributed by atoms with Gasteiger partial charge >= 0.3 is 0 Å². The third kappa shape index (κ3) is 3.29. The second kappa shape index (κ2) is 5.80. The maximum atomic E-state index is 4.90. The Hall–Kier alpha value is -0.610. The van der Waals surface area contributed by atoms with Gasteiger partial charge in [0.2, 0.25) is 0 Å². The SMILES string of the molecule is CCCN(C)c1nc2c(s1)C(NCC)CC(C)(C)C2. The Kier molecular flexibility index (Phi) is 4.51. The number of thiazole rings is 1. The van der Waals surface area contributed by atoms with E-state index in [1.807, 2.05) is 11.3 Å². The molecule has 1 heterocycles. The predicted molar refractivity (Wildman–Crippen MR) is 84.2 cm³/mol. The van der Waals surface area contributed by atoms with Gasteiger partial charge in [0.05, 0.1) is 5.69 Å². The summed E-state index contributed by atoms with van der Waals surface area (Å²) in [7, 11) is 2.15. The number of rotatable bonds is 5. The molecule has 19 heavy (non-hydrogen) atoms. The van der Waals surface area contributed by atoms with Crippen molar-refractivity contribution in [1.29, 1.82) is 0 Å². The summed E-state index contributed by atoms with van der Waals surface area (Å²) in [4.78, 5) is 8.66. The normalized spacial score (nSPS) is 21.2. The van der Waals surface area contributed by atoms with Crippen molar-refractivity contribution in [2.75, 3.05) is 25.0 Å². The monoisotopic (exact) mass is 281 g/mol. The van der Waals surface area contributed by atoms with Gasteiger partial charge in [-0.3, -0.25) is 0 Å². The summed E-state index contributed by atoms with van der Waals surface area (Å²) in [5.74, 6) is 0. The van der Waals surface area contributed by atoms with E-state index in [0.717, 1.165) is 19.5 Å². The highest BCUT2D eigenvalue weighted by molar-refractivity contribution is 7.15. The van der Waals surface area contributed by atoms with Crippen LogP contribution in [0.15, 0.2) is 0 Å². The minimum atomic E-state index is 0.356. The molecule has 0 saturated carbocycles. The summed E-state index contributed by atoms with van der Waals surface area (Å²) < 4.78 is 0. The molecule has 0 aromatic carbocycles. The van der Waals surface area contributed by atoms with Gasteiger partial charge in [0, 0.05) is 24.5 Å². The first-order valence-corrected chi connectivity index (χ1v) is 8.22. The Bertz CT molecular complexity index is 425. The Morgan fingerprint density at radius 1 is 1.42 bits per heavy atom. The van der Waals surface area contributed by atoms with E-state index in [1.165, 1.54) is 28.5 Å². The maximum absolute atomic E-state index is 4.90. The first-order valence-electron chi connectivity index (χ1n) is 7.41. The standard InChI is InChI=1S/C15H27N3S/c1-6-8-18(5)14-17-12-10-15(3,4)9-11(16-7-2)13(12)19-14/h11,16H,6-10H2,1-5H3. The van der Waals surface area contributed by atoms with Crippen molar-refractivity contribution in [1.82, 2.24) is 10.3 Å². The van der Waals surface area contributed by atoms with Gasteiger partial charge in [-0.1, -0.05) is 39.0 Å². The molecule has 1 unspecified atom stereocenters. The molecule has 0 aliphatic heterocycles. The fourth-order valence-electron chi connectivity index (χ4n) is 2.93. The molecular formula is C15H27N3S. The van der Waals surface area contributed by atoms with Gasteiger partial charge in [0.25, 0.3) is 0 Å². The number of anilines is 1. The van der Waals surface area contributed by atoms with Crippen LogP contribution in [0.5, 0.6) is 0 Å². The molecule has 0 fully saturated rings. The quantitative estimate of drug-likeness (QED) is 0.893. The lowest BCUT2D eigenvalue weighted by Crippen LogP contribution is -2.32. The number of aromatic nitrogens is 1. The summed E-state index contributed by atoms with van der Waals surface area (Å²) in [6.07, 6.45) is 3.50. The van der Waals surface area contributed by atoms with Crippen molar-refractivity contribution in [3.8, 4) is 0 Å². The summed E-state index contributed by atoms with van der Waals surface area (Å²) in [6.45, 7) is 11.2. The zero-order valence-corrected chi connectivity index (χ0v) is 13.7. The van der Waals surface area contributed by atoms with Gasteiger partial charge in [-0.2, -0.15) is 0 Å². The van der Waals surface area contributed by atoms with Crippen molar-refractivity contribution in [3.05, 3.63) is 10.6 Å². The van der Waals surface area contributed by atoms with Crippen LogP contribution in [0, 0.1) is 5.41 Å². The first-order chi connectivity index (χ1) is 8.96. The molecule has 1 aromatic heterocycles. The van der Waals surface area contributed by atoms with Crippen LogP contribution in [-0.4, -0.2) is 25.1 Å². The fourth-order valence-corrected chi connectivity index (χ4v) is 4.07. The third-order valence-electron chi connectivity index (χ3n) is 3.77. The van der Waals surface area contributed by atoms with Crippen molar-refractivity contribution < 1.29 is 0 Å². The van der Waals surface area contributed by atoms with Gasteiger partial charge < -0.3 is 10.2 Å². The molecule has 2 rings (SSSR count). The molecule has 1 aliphatic carbocycles. The van der Waals surface area contributed by atoms with Gasteiger partial charge in [-0.05, 0) is 31.2 Å². The van der Waals surface area contributed by atoms with Crippen LogP contribution in [-0.2, 0) is 6.42 Å². The van der Waals surface area contributed by atoms with E-state index in [-0.39, 0.29) is 0 Å². The van der Waals surface area contributed by atoms with E-state index in [0.29, 0.717) is 11.5 Å². The molecule has 1 aromatic rings. The van der Waals surface area contributed by atoms with Crippen LogP contribution < -0.4 is 10.2 Å². The summed E-state index contributed by atoms with van der Waals surface area (Å²) in [6, 6.07) is 0.491. The lowest BCUT2D eigenvalue weighted by molar-refractivity contribution is 0.260. The van der Waals surface area contributed by atoms with Crippen LogP contribution in [0.2, 0.25) is 0 Å². The zero-order chi connectivity index (χ0) is 14.0. The Morgan fingerprint density at radius 2 is 2.16 bits per heavy atom. The van der Waals surface area contributed by atoms with Crippen LogP contribution in [0.3, 0.4) is 0 Å². The molecule has 1 atom stereocenters. The maximum Gasteiger partial charge on any atom is 0.185 e. The molecule has 0 amide bonds. The minimum Gasteiger partial charge on any atom is -0.351 e. The first kappa shape index (κ1) is 14.8. The van der Waals surface area contributed by atoms with E-state index >= 15 is 0 Å². The molecule has 1 N–H and O–H groups in total. The highest BCUT2D eigenvalue weighted by Gasteiger charge is 2.34. The lowest BCUT2D eigenvalue weighted by Gasteiger charge is -2.34. The van der Waals surface area contributed by atoms with Crippen LogP contribution in [0.4, 0.5) is 5.13 Å². The number of hydrogen-bond acceptors (Lipinski definition) is 4. The van der Waals surface area contributed by atoms with Crippen molar-refractivity contribution in [2.45, 2.75) is 53.0 Å². The smallest absolute Gasteiger partial charge is 0.185 e. The number of hydrogen-bond donors (Lipinski definition) is 1. The molecule has 1 aliphatic rings. The average Bonchev–Trinajstić information content (AvgIpc) is 2.72. The minimum absolute atomic E-state index is 0.356. The lowest BCUT2D eigenvalue weighted by atomic mass is 9.76. The molecule has 0 radical (unpaired) electrons. The van der Waals surface area contributed by atoms with E-state index in [2.05, 4.69) is 45.0 Å². The van der Waals surface area contributed by atoms with Gasteiger partial charge in [-0.15, -0.1) is 0 Å². The van der Waals surface area contributed by atoms with E-state index in [1.54, 1.807) is 0 Å². The number of nitrogens with one attached hydrogen (secondary N) is 1. The molecule has 4 heteroatoms. The van der Waals surface area contributed by atoms with E-state index in [4.69, 9.17) is 4.98 Å². The summed E-state index contributed by atoms with van der Waals surface area (Å²) >= 11 is 1.88.